The molecule has 2 N–H and O–H groups in total. The fourth-order valence-electron chi connectivity index (χ4n) is 1.74. The van der Waals surface area contributed by atoms with Gasteiger partial charge in [0.15, 0.2) is 5.75 Å². The second kappa shape index (κ2) is 6.69. The summed E-state index contributed by atoms with van der Waals surface area (Å²) in [6, 6.07) is 8.33. The number of hydrogen-bond donors (Lipinski definition) is 2. The average molecular weight is 324 g/mol. The Labute approximate surface area is 128 Å². The predicted octanol–water partition coefficient (Wildman–Crippen LogP) is 3.15. The number of nitro groups is 1. The van der Waals surface area contributed by atoms with Gasteiger partial charge in [-0.15, -0.1) is 0 Å². The molecule has 0 bridgehead atoms. The summed E-state index contributed by atoms with van der Waals surface area (Å²) >= 11 is 0. The summed E-state index contributed by atoms with van der Waals surface area (Å²) in [6.45, 7) is -2.95. The van der Waals surface area contributed by atoms with E-state index < -0.39 is 28.9 Å². The van der Waals surface area contributed by atoms with Crippen LogP contribution in [0.1, 0.15) is 10.4 Å². The molecule has 0 aliphatic carbocycles. The number of nitrogens with zero attached hydrogens (tertiary/aromatic N) is 1. The number of hydrogen-bond acceptors (Lipinski definition) is 5. The molecule has 1 amide bonds. The third-order valence-corrected chi connectivity index (χ3v) is 2.77. The first-order chi connectivity index (χ1) is 10.9. The molecule has 0 fully saturated rings. The lowest BCUT2D eigenvalue weighted by atomic mass is 10.1. The van der Waals surface area contributed by atoms with Crippen molar-refractivity contribution in [2.75, 3.05) is 5.32 Å². The summed E-state index contributed by atoms with van der Waals surface area (Å²) in [4.78, 5) is 21.8. The minimum atomic E-state index is -2.95. The predicted molar refractivity (Wildman–Crippen MR) is 75.8 cm³/mol. The number of alkyl halides is 2. The van der Waals surface area contributed by atoms with Gasteiger partial charge in [0.2, 0.25) is 0 Å². The Bertz CT molecular complexity index is 734. The number of nitrogens with one attached hydrogen (secondary N) is 1. The van der Waals surface area contributed by atoms with Gasteiger partial charge in [-0.05, 0) is 36.4 Å². The third-order valence-electron chi connectivity index (χ3n) is 2.77. The molecule has 0 radical (unpaired) electrons. The van der Waals surface area contributed by atoms with Crippen LogP contribution < -0.4 is 10.1 Å². The number of aromatic hydroxyl groups is 1. The van der Waals surface area contributed by atoms with Crippen molar-refractivity contribution in [3.63, 3.8) is 0 Å². The lowest BCUT2D eigenvalue weighted by Crippen LogP contribution is -2.12. The van der Waals surface area contributed by atoms with Gasteiger partial charge < -0.3 is 15.2 Å². The number of ether oxygens (including phenoxy) is 1. The number of phenols is 1. The minimum Gasteiger partial charge on any atom is -0.502 e. The summed E-state index contributed by atoms with van der Waals surface area (Å²) < 4.78 is 28.2. The molecule has 7 nitrogen and oxygen atoms in total. The van der Waals surface area contributed by atoms with Crippen molar-refractivity contribution in [3.8, 4) is 11.5 Å². The van der Waals surface area contributed by atoms with Crippen molar-refractivity contribution in [2.45, 2.75) is 6.61 Å². The summed E-state index contributed by atoms with van der Waals surface area (Å²) in [5.41, 5.74) is -0.217. The summed E-state index contributed by atoms with van der Waals surface area (Å²) in [5, 5.41) is 22.5. The number of carbonyl (C=O) groups excluding carboxylic acids is 1. The van der Waals surface area contributed by atoms with Gasteiger partial charge in [0, 0.05) is 17.3 Å². The second-order valence-electron chi connectivity index (χ2n) is 4.32. The van der Waals surface area contributed by atoms with Crippen LogP contribution in [0.5, 0.6) is 11.5 Å². The number of anilines is 1. The topological polar surface area (TPSA) is 102 Å². The maximum absolute atomic E-state index is 12.0. The first-order valence-electron chi connectivity index (χ1n) is 6.20. The standard InChI is InChI=1S/C14H10F2N2O5/c15-14(16)23-10-4-2-9(3-5-10)17-13(20)8-1-6-11(18(21)22)12(19)7-8/h1-7,14,19H,(H,17,20). The van der Waals surface area contributed by atoms with E-state index in [1.54, 1.807) is 0 Å². The Hall–Kier alpha value is -3.23. The zero-order valence-electron chi connectivity index (χ0n) is 11.4. The van der Waals surface area contributed by atoms with Gasteiger partial charge in [0.25, 0.3) is 5.91 Å². The van der Waals surface area contributed by atoms with Crippen LogP contribution in [0.2, 0.25) is 0 Å². The van der Waals surface area contributed by atoms with Crippen molar-refractivity contribution >= 4 is 17.3 Å². The minimum absolute atomic E-state index is 0.000932. The number of amides is 1. The van der Waals surface area contributed by atoms with Gasteiger partial charge >= 0.3 is 12.3 Å². The van der Waals surface area contributed by atoms with Gasteiger partial charge in [0.1, 0.15) is 5.75 Å². The van der Waals surface area contributed by atoms with Crippen molar-refractivity contribution in [3.05, 3.63) is 58.1 Å². The highest BCUT2D eigenvalue weighted by Gasteiger charge is 2.16. The molecule has 23 heavy (non-hydrogen) atoms. The Morgan fingerprint density at radius 2 is 1.87 bits per heavy atom. The van der Waals surface area contributed by atoms with Crippen LogP contribution in [0.3, 0.4) is 0 Å². The van der Waals surface area contributed by atoms with E-state index in [0.717, 1.165) is 12.1 Å². The van der Waals surface area contributed by atoms with Crippen LogP contribution >= 0.6 is 0 Å². The molecule has 2 aromatic carbocycles. The van der Waals surface area contributed by atoms with Gasteiger partial charge in [-0.25, -0.2) is 0 Å². The molecule has 0 spiro atoms. The number of phenolic OH excluding ortho intramolecular Hbond substituents is 1. The van der Waals surface area contributed by atoms with E-state index in [9.17, 15) is 28.8 Å². The average Bonchev–Trinajstić information content (AvgIpc) is 2.48. The van der Waals surface area contributed by atoms with Crippen LogP contribution in [0.15, 0.2) is 42.5 Å². The first-order valence-corrected chi connectivity index (χ1v) is 6.20. The molecule has 0 atom stereocenters. The van der Waals surface area contributed by atoms with Crippen molar-refractivity contribution in [2.24, 2.45) is 0 Å². The quantitative estimate of drug-likeness (QED) is 0.650. The maximum Gasteiger partial charge on any atom is 0.387 e. The number of nitro benzene ring substituents is 1. The van der Waals surface area contributed by atoms with E-state index in [4.69, 9.17) is 0 Å². The fraction of sp³-hybridized carbons (Fsp3) is 0.0714. The van der Waals surface area contributed by atoms with Crippen LogP contribution in [0, 0.1) is 10.1 Å². The van der Waals surface area contributed by atoms with Crippen LogP contribution in [-0.4, -0.2) is 22.5 Å². The smallest absolute Gasteiger partial charge is 0.387 e. The number of carbonyl (C=O) groups is 1. The monoisotopic (exact) mass is 324 g/mol. The largest absolute Gasteiger partial charge is 0.502 e. The van der Waals surface area contributed by atoms with Gasteiger partial charge in [0.05, 0.1) is 4.92 Å². The van der Waals surface area contributed by atoms with Gasteiger partial charge in [-0.1, -0.05) is 0 Å². The first kappa shape index (κ1) is 16.1. The zero-order chi connectivity index (χ0) is 17.0. The number of rotatable bonds is 5. The van der Waals surface area contributed by atoms with E-state index >= 15 is 0 Å². The highest BCUT2D eigenvalue weighted by Crippen LogP contribution is 2.26. The second-order valence-corrected chi connectivity index (χ2v) is 4.32. The highest BCUT2D eigenvalue weighted by atomic mass is 19.3. The molecule has 0 aliphatic heterocycles. The summed E-state index contributed by atoms with van der Waals surface area (Å²) in [7, 11) is 0. The maximum atomic E-state index is 12.0. The molecule has 2 aromatic rings. The highest BCUT2D eigenvalue weighted by molar-refractivity contribution is 6.04. The molecule has 2 rings (SSSR count). The van der Waals surface area contributed by atoms with Crippen LogP contribution in [0.4, 0.5) is 20.2 Å². The Morgan fingerprint density at radius 1 is 1.22 bits per heavy atom. The van der Waals surface area contributed by atoms with E-state index in [1.807, 2.05) is 0 Å². The fourth-order valence-corrected chi connectivity index (χ4v) is 1.74. The SMILES string of the molecule is O=C(Nc1ccc(OC(F)F)cc1)c1ccc([N+](=O)[O-])c(O)c1. The Morgan fingerprint density at radius 3 is 2.39 bits per heavy atom. The Kier molecular flexibility index (Phi) is 4.69. The van der Waals surface area contributed by atoms with E-state index in [1.165, 1.54) is 30.3 Å². The molecule has 0 saturated heterocycles. The number of halogens is 2. The molecule has 0 unspecified atom stereocenters. The number of benzene rings is 2. The molecular formula is C14H10F2N2O5. The Balaban J connectivity index is 2.10. The van der Waals surface area contributed by atoms with Crippen LogP contribution in [0.25, 0.3) is 0 Å². The lowest BCUT2D eigenvalue weighted by Gasteiger charge is -2.08. The molecule has 9 heteroatoms. The van der Waals surface area contributed by atoms with Crippen molar-refractivity contribution < 1.29 is 28.3 Å². The normalized spacial score (nSPS) is 10.4. The molecule has 0 aliphatic rings. The van der Waals surface area contributed by atoms with Crippen molar-refractivity contribution in [1.82, 2.24) is 0 Å². The molecule has 0 heterocycles. The molecular weight excluding hydrogens is 314 g/mol. The summed E-state index contributed by atoms with van der Waals surface area (Å²) in [5.74, 6) is -1.33. The molecule has 120 valence electrons. The van der Waals surface area contributed by atoms with Crippen LogP contribution in [-0.2, 0) is 0 Å². The molecule has 0 aromatic heterocycles. The van der Waals surface area contributed by atoms with E-state index in [2.05, 4.69) is 10.1 Å². The van der Waals surface area contributed by atoms with E-state index in [-0.39, 0.29) is 11.3 Å². The van der Waals surface area contributed by atoms with Gasteiger partial charge in [-0.3, -0.25) is 14.9 Å². The van der Waals surface area contributed by atoms with E-state index in [0.29, 0.717) is 5.69 Å². The van der Waals surface area contributed by atoms with Crippen molar-refractivity contribution in [1.29, 1.82) is 0 Å². The van der Waals surface area contributed by atoms with Gasteiger partial charge in [-0.2, -0.15) is 8.78 Å². The third kappa shape index (κ3) is 4.13. The summed E-state index contributed by atoms with van der Waals surface area (Å²) in [6.07, 6.45) is 0. The zero-order valence-corrected chi connectivity index (χ0v) is 11.4. The lowest BCUT2D eigenvalue weighted by molar-refractivity contribution is -0.385. The molecule has 0 saturated carbocycles.